The summed E-state index contributed by atoms with van der Waals surface area (Å²) in [6, 6.07) is 13.8. The van der Waals surface area contributed by atoms with Gasteiger partial charge >= 0.3 is 0 Å². The predicted octanol–water partition coefficient (Wildman–Crippen LogP) is 2.02. The lowest BCUT2D eigenvalue weighted by Gasteiger charge is -2.32. The molecule has 3 aromatic rings. The number of fused-ring (bicyclic) bond motifs is 1. The Kier molecular flexibility index (Phi) is 4.11. The molecule has 0 saturated carbocycles. The van der Waals surface area contributed by atoms with Crippen LogP contribution >= 0.6 is 0 Å². The van der Waals surface area contributed by atoms with Crippen molar-refractivity contribution in [2.24, 2.45) is 0 Å². The number of nitrogens with one attached hydrogen (secondary N) is 1. The molecule has 0 unspecified atom stereocenters. The normalized spacial score (nSPS) is 16.8. The molecule has 0 spiro atoms. The molecule has 5 heteroatoms. The minimum Gasteiger partial charge on any atom is -0.389 e. The summed E-state index contributed by atoms with van der Waals surface area (Å²) in [4.78, 5) is 17.5. The van der Waals surface area contributed by atoms with Crippen LogP contribution in [0.1, 0.15) is 18.4 Å². The lowest BCUT2D eigenvalue weighted by atomic mass is 9.87. The second-order valence-electron chi connectivity index (χ2n) is 6.72. The molecule has 0 radical (unpaired) electrons. The fraction of sp³-hybridized carbons (Fsp3) is 0.300. The van der Waals surface area contributed by atoms with Crippen LogP contribution in [0.15, 0.2) is 59.7 Å². The van der Waals surface area contributed by atoms with Gasteiger partial charge in [-0.1, -0.05) is 30.3 Å². The Bertz CT molecular complexity index is 944. The minimum absolute atomic E-state index is 0.102. The smallest absolute Gasteiger partial charge is 0.261 e. The third-order valence-corrected chi connectivity index (χ3v) is 4.94. The van der Waals surface area contributed by atoms with Gasteiger partial charge in [0, 0.05) is 29.9 Å². The number of pyridine rings is 1. The van der Waals surface area contributed by atoms with Gasteiger partial charge in [-0.05, 0) is 43.6 Å². The van der Waals surface area contributed by atoms with E-state index in [0.29, 0.717) is 30.5 Å². The fourth-order valence-corrected chi connectivity index (χ4v) is 3.53. The molecular formula is C20H21N3O2. The third kappa shape index (κ3) is 3.08. The molecular weight excluding hydrogens is 314 g/mol. The van der Waals surface area contributed by atoms with Crippen LogP contribution in [0.4, 0.5) is 0 Å². The van der Waals surface area contributed by atoms with Crippen molar-refractivity contribution in [2.45, 2.75) is 24.9 Å². The first-order valence-electron chi connectivity index (χ1n) is 8.64. The molecule has 0 atom stereocenters. The van der Waals surface area contributed by atoms with Gasteiger partial charge in [-0.3, -0.25) is 9.20 Å². The van der Waals surface area contributed by atoms with Crippen molar-refractivity contribution in [3.8, 4) is 11.1 Å². The number of piperidine rings is 1. The van der Waals surface area contributed by atoms with Crippen LogP contribution in [0.3, 0.4) is 0 Å². The summed E-state index contributed by atoms with van der Waals surface area (Å²) >= 11 is 0. The maximum atomic E-state index is 12.9. The van der Waals surface area contributed by atoms with Gasteiger partial charge in [0.05, 0.1) is 5.60 Å². The van der Waals surface area contributed by atoms with Crippen LogP contribution in [-0.4, -0.2) is 33.2 Å². The summed E-state index contributed by atoms with van der Waals surface area (Å²) < 4.78 is 1.59. The first-order chi connectivity index (χ1) is 12.2. The average molecular weight is 335 g/mol. The molecule has 2 N–H and O–H groups in total. The lowest BCUT2D eigenvalue weighted by Crippen LogP contribution is -2.44. The van der Waals surface area contributed by atoms with Gasteiger partial charge < -0.3 is 10.4 Å². The van der Waals surface area contributed by atoms with Crippen molar-refractivity contribution in [3.63, 3.8) is 0 Å². The van der Waals surface area contributed by atoms with Crippen LogP contribution in [0.5, 0.6) is 0 Å². The second kappa shape index (κ2) is 6.43. The molecule has 5 nitrogen and oxygen atoms in total. The van der Waals surface area contributed by atoms with E-state index in [-0.39, 0.29) is 5.56 Å². The molecule has 1 saturated heterocycles. The summed E-state index contributed by atoms with van der Waals surface area (Å²) in [5.41, 5.74) is 2.23. The zero-order chi connectivity index (χ0) is 17.3. The number of aromatic nitrogens is 2. The summed E-state index contributed by atoms with van der Waals surface area (Å²) in [5.74, 6) is 0. The Labute approximate surface area is 146 Å². The quantitative estimate of drug-likeness (QED) is 0.768. The highest BCUT2D eigenvalue weighted by atomic mass is 16.3. The van der Waals surface area contributed by atoms with Gasteiger partial charge in [-0.25, -0.2) is 4.98 Å². The molecule has 2 aromatic heterocycles. The van der Waals surface area contributed by atoms with E-state index in [2.05, 4.69) is 10.3 Å². The van der Waals surface area contributed by atoms with Crippen molar-refractivity contribution in [3.05, 3.63) is 70.8 Å². The molecule has 0 aliphatic carbocycles. The van der Waals surface area contributed by atoms with E-state index in [1.54, 1.807) is 16.8 Å². The first-order valence-corrected chi connectivity index (χ1v) is 8.64. The Balaban J connectivity index is 1.78. The van der Waals surface area contributed by atoms with E-state index in [1.165, 1.54) is 0 Å². The van der Waals surface area contributed by atoms with Crippen molar-refractivity contribution in [2.75, 3.05) is 13.1 Å². The summed E-state index contributed by atoms with van der Waals surface area (Å²) in [5, 5.41) is 14.0. The van der Waals surface area contributed by atoms with Gasteiger partial charge in [0.25, 0.3) is 5.56 Å². The van der Waals surface area contributed by atoms with E-state index in [0.717, 1.165) is 24.2 Å². The summed E-state index contributed by atoms with van der Waals surface area (Å²) in [7, 11) is 0. The van der Waals surface area contributed by atoms with Crippen molar-refractivity contribution in [1.82, 2.24) is 14.7 Å². The van der Waals surface area contributed by atoms with Crippen LogP contribution < -0.4 is 10.9 Å². The number of rotatable bonds is 3. The highest BCUT2D eigenvalue weighted by Gasteiger charge is 2.30. The number of nitrogens with zero attached hydrogens (tertiary/aromatic N) is 2. The van der Waals surface area contributed by atoms with Gasteiger partial charge in [-0.15, -0.1) is 0 Å². The maximum Gasteiger partial charge on any atom is 0.261 e. The molecule has 0 bridgehead atoms. The topological polar surface area (TPSA) is 66.6 Å². The second-order valence-corrected chi connectivity index (χ2v) is 6.72. The number of benzene rings is 1. The maximum absolute atomic E-state index is 12.9. The molecule has 3 heterocycles. The molecule has 25 heavy (non-hydrogen) atoms. The highest BCUT2D eigenvalue weighted by Crippen LogP contribution is 2.24. The van der Waals surface area contributed by atoms with E-state index in [4.69, 9.17) is 0 Å². The van der Waals surface area contributed by atoms with Gasteiger partial charge in [0.15, 0.2) is 0 Å². The number of hydrogen-bond donors (Lipinski definition) is 2. The van der Waals surface area contributed by atoms with Crippen molar-refractivity contribution >= 4 is 5.65 Å². The number of aliphatic hydroxyl groups is 1. The van der Waals surface area contributed by atoms with Gasteiger partial charge in [0.2, 0.25) is 0 Å². The van der Waals surface area contributed by atoms with Gasteiger partial charge in [0.1, 0.15) is 5.65 Å². The lowest BCUT2D eigenvalue weighted by molar-refractivity contribution is 0.0105. The Hall–Kier alpha value is -2.50. The standard InChI is InChI=1S/C20H21N3O2/c24-19-16(13-20(25)8-10-21-11-9-20)14-22-18-17(7-4-12-23(18)19)15-5-2-1-3-6-15/h1-7,12,14,21,25H,8-11,13H2. The molecule has 4 rings (SSSR count). The molecule has 128 valence electrons. The van der Waals surface area contributed by atoms with Crippen LogP contribution in [0.2, 0.25) is 0 Å². The van der Waals surface area contributed by atoms with E-state index >= 15 is 0 Å². The largest absolute Gasteiger partial charge is 0.389 e. The summed E-state index contributed by atoms with van der Waals surface area (Å²) in [6.07, 6.45) is 5.02. The van der Waals surface area contributed by atoms with Gasteiger partial charge in [-0.2, -0.15) is 0 Å². The minimum atomic E-state index is -0.822. The fourth-order valence-electron chi connectivity index (χ4n) is 3.53. The van der Waals surface area contributed by atoms with E-state index < -0.39 is 5.60 Å². The SMILES string of the molecule is O=c1c(CC2(O)CCNCC2)cnc2c(-c3ccccc3)cccn12. The van der Waals surface area contributed by atoms with E-state index in [1.807, 2.05) is 42.5 Å². The molecule has 0 amide bonds. The van der Waals surface area contributed by atoms with Crippen molar-refractivity contribution in [1.29, 1.82) is 0 Å². The van der Waals surface area contributed by atoms with Crippen LogP contribution in [0, 0.1) is 0 Å². The predicted molar refractivity (Wildman–Crippen MR) is 97.7 cm³/mol. The monoisotopic (exact) mass is 335 g/mol. The zero-order valence-corrected chi connectivity index (χ0v) is 14.0. The molecule has 1 aromatic carbocycles. The number of hydrogen-bond acceptors (Lipinski definition) is 4. The third-order valence-electron chi connectivity index (χ3n) is 4.94. The zero-order valence-electron chi connectivity index (χ0n) is 14.0. The Morgan fingerprint density at radius 2 is 1.88 bits per heavy atom. The van der Waals surface area contributed by atoms with E-state index in [9.17, 15) is 9.90 Å². The average Bonchev–Trinajstić information content (AvgIpc) is 2.65. The molecule has 1 aliphatic heterocycles. The Morgan fingerprint density at radius 1 is 1.12 bits per heavy atom. The summed E-state index contributed by atoms with van der Waals surface area (Å²) in [6.45, 7) is 1.55. The van der Waals surface area contributed by atoms with Crippen LogP contribution in [-0.2, 0) is 6.42 Å². The molecule has 1 aliphatic rings. The van der Waals surface area contributed by atoms with Crippen LogP contribution in [0.25, 0.3) is 16.8 Å². The highest BCUT2D eigenvalue weighted by molar-refractivity contribution is 5.77. The first kappa shape index (κ1) is 16.0. The Morgan fingerprint density at radius 3 is 2.64 bits per heavy atom. The molecule has 1 fully saturated rings. The van der Waals surface area contributed by atoms with Crippen molar-refractivity contribution < 1.29 is 5.11 Å².